The van der Waals surface area contributed by atoms with Crippen LogP contribution in [0.5, 0.6) is 5.75 Å². The topological polar surface area (TPSA) is 31.2 Å². The minimum Gasteiger partial charge on any atom is -0.493 e. The smallest absolute Gasteiger partial charge is 0.307 e. The standard InChI is InChI=1S/C14H15NO2S/c1-10-9-18-14(16)15(10)6-4-11-2-3-13-12(8-11)5-7-17-13/h2-3,8-9H,4-7H2,1H3. The monoisotopic (exact) mass is 261 g/mol. The average molecular weight is 261 g/mol. The first kappa shape index (κ1) is 11.5. The highest BCUT2D eigenvalue weighted by molar-refractivity contribution is 7.07. The largest absolute Gasteiger partial charge is 0.493 e. The Hall–Kier alpha value is -1.55. The van der Waals surface area contributed by atoms with Gasteiger partial charge in [-0.15, -0.1) is 0 Å². The molecule has 0 amide bonds. The maximum atomic E-state index is 11.6. The molecular weight excluding hydrogens is 246 g/mol. The van der Waals surface area contributed by atoms with E-state index < -0.39 is 0 Å². The zero-order valence-corrected chi connectivity index (χ0v) is 11.1. The molecule has 1 aromatic carbocycles. The molecule has 0 bridgehead atoms. The molecular formula is C14H15NO2S. The third-order valence-corrected chi connectivity index (χ3v) is 4.24. The van der Waals surface area contributed by atoms with E-state index in [1.165, 1.54) is 22.5 Å². The zero-order chi connectivity index (χ0) is 12.5. The molecule has 0 saturated heterocycles. The van der Waals surface area contributed by atoms with Gasteiger partial charge in [0, 0.05) is 24.0 Å². The number of benzene rings is 1. The van der Waals surface area contributed by atoms with Gasteiger partial charge in [-0.05, 0) is 30.5 Å². The fourth-order valence-corrected chi connectivity index (χ4v) is 3.07. The maximum absolute atomic E-state index is 11.6. The Morgan fingerprint density at radius 1 is 1.44 bits per heavy atom. The van der Waals surface area contributed by atoms with Gasteiger partial charge in [-0.25, -0.2) is 0 Å². The van der Waals surface area contributed by atoms with Crippen LogP contribution in [0.1, 0.15) is 16.8 Å². The highest BCUT2D eigenvalue weighted by atomic mass is 32.1. The quantitative estimate of drug-likeness (QED) is 0.849. The number of aromatic nitrogens is 1. The van der Waals surface area contributed by atoms with Crippen molar-refractivity contribution in [3.8, 4) is 5.75 Å². The Bertz CT molecular complexity index is 627. The molecule has 0 aliphatic carbocycles. The van der Waals surface area contributed by atoms with Crippen molar-refractivity contribution in [2.45, 2.75) is 26.3 Å². The third-order valence-electron chi connectivity index (χ3n) is 3.35. The van der Waals surface area contributed by atoms with Crippen molar-refractivity contribution < 1.29 is 4.74 Å². The lowest BCUT2D eigenvalue weighted by Gasteiger charge is -2.06. The van der Waals surface area contributed by atoms with E-state index in [0.29, 0.717) is 0 Å². The van der Waals surface area contributed by atoms with E-state index in [4.69, 9.17) is 4.74 Å². The summed E-state index contributed by atoms with van der Waals surface area (Å²) >= 11 is 1.27. The Balaban J connectivity index is 1.76. The fourth-order valence-electron chi connectivity index (χ4n) is 2.31. The molecule has 0 unspecified atom stereocenters. The summed E-state index contributed by atoms with van der Waals surface area (Å²) in [6.45, 7) is 3.53. The van der Waals surface area contributed by atoms with Crippen LogP contribution in [0.2, 0.25) is 0 Å². The van der Waals surface area contributed by atoms with Crippen molar-refractivity contribution in [1.29, 1.82) is 0 Å². The summed E-state index contributed by atoms with van der Waals surface area (Å²) in [6.07, 6.45) is 1.89. The van der Waals surface area contributed by atoms with Crippen LogP contribution in [-0.4, -0.2) is 11.2 Å². The van der Waals surface area contributed by atoms with Crippen molar-refractivity contribution in [2.24, 2.45) is 0 Å². The van der Waals surface area contributed by atoms with Crippen LogP contribution in [0.3, 0.4) is 0 Å². The summed E-state index contributed by atoms with van der Waals surface area (Å²) in [5.41, 5.74) is 3.62. The molecule has 1 aromatic heterocycles. The van der Waals surface area contributed by atoms with E-state index in [9.17, 15) is 4.79 Å². The first-order valence-corrected chi connectivity index (χ1v) is 7.01. The van der Waals surface area contributed by atoms with Crippen molar-refractivity contribution in [2.75, 3.05) is 6.61 Å². The van der Waals surface area contributed by atoms with Crippen LogP contribution in [-0.2, 0) is 19.4 Å². The molecule has 18 heavy (non-hydrogen) atoms. The maximum Gasteiger partial charge on any atom is 0.307 e. The van der Waals surface area contributed by atoms with Gasteiger partial charge >= 0.3 is 4.87 Å². The average Bonchev–Trinajstić information content (AvgIpc) is 2.94. The molecule has 1 aliphatic rings. The van der Waals surface area contributed by atoms with Crippen molar-refractivity contribution in [3.63, 3.8) is 0 Å². The van der Waals surface area contributed by atoms with Crippen molar-refractivity contribution in [1.82, 2.24) is 4.57 Å². The molecule has 0 atom stereocenters. The van der Waals surface area contributed by atoms with E-state index in [0.717, 1.165) is 37.4 Å². The van der Waals surface area contributed by atoms with Gasteiger partial charge in [0.2, 0.25) is 0 Å². The van der Waals surface area contributed by atoms with Crippen LogP contribution in [0, 0.1) is 6.92 Å². The molecule has 1 aliphatic heterocycles. The van der Waals surface area contributed by atoms with Crippen LogP contribution < -0.4 is 9.61 Å². The Morgan fingerprint density at radius 3 is 3.11 bits per heavy atom. The summed E-state index contributed by atoms with van der Waals surface area (Å²) in [6, 6.07) is 6.34. The number of fused-ring (bicyclic) bond motifs is 1. The Kier molecular flexibility index (Phi) is 2.96. The number of nitrogens with zero attached hydrogens (tertiary/aromatic N) is 1. The lowest BCUT2D eigenvalue weighted by molar-refractivity contribution is 0.357. The summed E-state index contributed by atoms with van der Waals surface area (Å²) in [4.78, 5) is 11.7. The number of hydrogen-bond acceptors (Lipinski definition) is 3. The summed E-state index contributed by atoms with van der Waals surface area (Å²) < 4.78 is 7.33. The number of ether oxygens (including phenoxy) is 1. The van der Waals surface area contributed by atoms with Gasteiger partial charge in [-0.3, -0.25) is 4.79 Å². The minimum absolute atomic E-state index is 0.136. The predicted octanol–water partition coefficient (Wildman–Crippen LogP) is 2.40. The second-order valence-corrected chi connectivity index (χ2v) is 5.41. The Labute approximate surface area is 110 Å². The van der Waals surface area contributed by atoms with Crippen molar-refractivity contribution >= 4 is 11.3 Å². The first-order chi connectivity index (χ1) is 8.74. The molecule has 0 spiro atoms. The highest BCUT2D eigenvalue weighted by Crippen LogP contribution is 2.26. The summed E-state index contributed by atoms with van der Waals surface area (Å²) in [5, 5.41) is 1.92. The van der Waals surface area contributed by atoms with E-state index in [1.807, 2.05) is 22.9 Å². The van der Waals surface area contributed by atoms with Crippen LogP contribution >= 0.6 is 11.3 Å². The normalized spacial score (nSPS) is 13.4. The summed E-state index contributed by atoms with van der Waals surface area (Å²) in [7, 11) is 0. The second kappa shape index (κ2) is 4.61. The second-order valence-electron chi connectivity index (χ2n) is 4.59. The molecule has 0 saturated carbocycles. The predicted molar refractivity (Wildman–Crippen MR) is 72.7 cm³/mol. The molecule has 0 radical (unpaired) electrons. The van der Waals surface area contributed by atoms with Gasteiger partial charge in [0.15, 0.2) is 0 Å². The number of hydrogen-bond donors (Lipinski definition) is 0. The van der Waals surface area contributed by atoms with Gasteiger partial charge in [-0.2, -0.15) is 0 Å². The van der Waals surface area contributed by atoms with E-state index in [1.54, 1.807) is 0 Å². The van der Waals surface area contributed by atoms with Gasteiger partial charge < -0.3 is 9.30 Å². The third kappa shape index (κ3) is 2.08. The molecule has 0 N–H and O–H groups in total. The van der Waals surface area contributed by atoms with E-state index >= 15 is 0 Å². The lowest BCUT2D eigenvalue weighted by atomic mass is 10.1. The first-order valence-electron chi connectivity index (χ1n) is 6.13. The molecule has 3 nitrogen and oxygen atoms in total. The van der Waals surface area contributed by atoms with E-state index in [2.05, 4.69) is 12.1 Å². The van der Waals surface area contributed by atoms with Gasteiger partial charge in [-0.1, -0.05) is 23.5 Å². The SMILES string of the molecule is Cc1csc(=O)n1CCc1ccc2c(c1)CCO2. The molecule has 4 heteroatoms. The minimum atomic E-state index is 0.136. The van der Waals surface area contributed by atoms with Gasteiger partial charge in [0.1, 0.15) is 5.75 Å². The van der Waals surface area contributed by atoms with E-state index in [-0.39, 0.29) is 4.87 Å². The van der Waals surface area contributed by atoms with Gasteiger partial charge in [0.25, 0.3) is 0 Å². The summed E-state index contributed by atoms with van der Waals surface area (Å²) in [5.74, 6) is 1.02. The van der Waals surface area contributed by atoms with Crippen molar-refractivity contribution in [3.05, 3.63) is 50.1 Å². The molecule has 2 aromatic rings. The Morgan fingerprint density at radius 2 is 2.33 bits per heavy atom. The molecule has 94 valence electrons. The fraction of sp³-hybridized carbons (Fsp3) is 0.357. The number of thiazole rings is 1. The van der Waals surface area contributed by atoms with Crippen LogP contribution in [0.15, 0.2) is 28.4 Å². The number of aryl methyl sites for hydroxylation is 2. The molecule has 2 heterocycles. The zero-order valence-electron chi connectivity index (χ0n) is 10.3. The van der Waals surface area contributed by atoms with Crippen LogP contribution in [0.25, 0.3) is 0 Å². The molecule has 3 rings (SSSR count). The lowest BCUT2D eigenvalue weighted by Crippen LogP contribution is -2.15. The van der Waals surface area contributed by atoms with Crippen LogP contribution in [0.4, 0.5) is 0 Å². The number of rotatable bonds is 3. The highest BCUT2D eigenvalue weighted by Gasteiger charge is 2.12. The molecule has 0 fully saturated rings. The van der Waals surface area contributed by atoms with Gasteiger partial charge in [0.05, 0.1) is 6.61 Å².